The van der Waals surface area contributed by atoms with Crippen molar-refractivity contribution in [3.63, 3.8) is 0 Å². The Bertz CT molecular complexity index is 646. The van der Waals surface area contributed by atoms with Gasteiger partial charge in [0.15, 0.2) is 0 Å². The third kappa shape index (κ3) is 2.56. The number of aromatic amines is 1. The summed E-state index contributed by atoms with van der Waals surface area (Å²) in [5.74, 6) is 0.641. The molecule has 0 amide bonds. The van der Waals surface area contributed by atoms with Gasteiger partial charge >= 0.3 is 0 Å². The fraction of sp³-hybridized carbons (Fsp3) is 0.333. The van der Waals surface area contributed by atoms with Crippen LogP contribution in [-0.4, -0.2) is 9.97 Å². The van der Waals surface area contributed by atoms with Crippen molar-refractivity contribution in [2.75, 3.05) is 0 Å². The molecular weight excluding hydrogens is 260 g/mol. The Morgan fingerprint density at radius 2 is 1.79 bits per heavy atom. The van der Waals surface area contributed by atoms with E-state index < -0.39 is 0 Å². The summed E-state index contributed by atoms with van der Waals surface area (Å²) in [5.41, 5.74) is 2.74. The van der Waals surface area contributed by atoms with Crippen LogP contribution in [0.2, 0.25) is 5.02 Å². The second-order valence-corrected chi connectivity index (χ2v) is 5.34. The quantitative estimate of drug-likeness (QED) is 0.811. The predicted octanol–water partition coefficient (Wildman–Crippen LogP) is 3.36. The smallest absolute Gasteiger partial charge is 0.254 e. The molecule has 1 aromatic heterocycles. The van der Waals surface area contributed by atoms with Gasteiger partial charge in [0.2, 0.25) is 0 Å². The van der Waals surface area contributed by atoms with Crippen molar-refractivity contribution in [2.45, 2.75) is 32.1 Å². The molecule has 3 nitrogen and oxygen atoms in total. The minimum Gasteiger partial charge on any atom is -0.306 e. The number of fused-ring (bicyclic) bond motifs is 1. The molecule has 1 aromatic carbocycles. The number of rotatable bonds is 1. The van der Waals surface area contributed by atoms with E-state index in [1.165, 1.54) is 6.42 Å². The van der Waals surface area contributed by atoms with Crippen LogP contribution in [0.15, 0.2) is 29.1 Å². The number of nitrogens with one attached hydrogen (secondary N) is 1. The third-order valence-corrected chi connectivity index (χ3v) is 3.81. The minimum absolute atomic E-state index is 0.0110. The topological polar surface area (TPSA) is 45.8 Å². The average Bonchev–Trinajstić information content (AvgIpc) is 2.65. The van der Waals surface area contributed by atoms with E-state index in [1.54, 1.807) is 0 Å². The minimum atomic E-state index is 0.0110. The number of aromatic nitrogens is 2. The molecule has 98 valence electrons. The summed E-state index contributed by atoms with van der Waals surface area (Å²) in [6.45, 7) is 0. The molecule has 1 aliphatic carbocycles. The average molecular weight is 275 g/mol. The monoisotopic (exact) mass is 274 g/mol. The third-order valence-electron chi connectivity index (χ3n) is 3.56. The predicted molar refractivity (Wildman–Crippen MR) is 76.6 cm³/mol. The van der Waals surface area contributed by atoms with Crippen molar-refractivity contribution in [3.05, 3.63) is 50.9 Å². The van der Waals surface area contributed by atoms with Crippen LogP contribution in [0.4, 0.5) is 0 Å². The standard InChI is InChI=1S/C15H15ClN2O/c16-11-8-6-10(7-9-11)14-17-13-5-3-1-2-4-12(13)15(19)18-14/h6-9H,1-5H2,(H,17,18,19). The lowest BCUT2D eigenvalue weighted by Crippen LogP contribution is -2.18. The van der Waals surface area contributed by atoms with Crippen LogP contribution >= 0.6 is 11.6 Å². The Hall–Kier alpha value is -1.61. The molecule has 0 spiro atoms. The molecule has 1 heterocycles. The van der Waals surface area contributed by atoms with Crippen LogP contribution in [0.5, 0.6) is 0 Å². The van der Waals surface area contributed by atoms with E-state index in [9.17, 15) is 4.79 Å². The van der Waals surface area contributed by atoms with Crippen molar-refractivity contribution in [1.82, 2.24) is 9.97 Å². The van der Waals surface area contributed by atoms with E-state index in [1.807, 2.05) is 24.3 Å². The Balaban J connectivity index is 2.08. The van der Waals surface area contributed by atoms with Gasteiger partial charge in [0.1, 0.15) is 5.82 Å². The fourth-order valence-corrected chi connectivity index (χ4v) is 2.65. The van der Waals surface area contributed by atoms with Gasteiger partial charge in [-0.3, -0.25) is 4.79 Å². The summed E-state index contributed by atoms with van der Waals surface area (Å²) in [6.07, 6.45) is 5.12. The first kappa shape index (κ1) is 12.4. The fourth-order valence-electron chi connectivity index (χ4n) is 2.52. The molecule has 1 aliphatic rings. The maximum Gasteiger partial charge on any atom is 0.254 e. The number of H-pyrrole nitrogens is 1. The first-order valence-corrected chi connectivity index (χ1v) is 7.00. The zero-order chi connectivity index (χ0) is 13.2. The first-order chi connectivity index (χ1) is 9.24. The summed E-state index contributed by atoms with van der Waals surface area (Å²) in [5, 5.41) is 0.681. The number of halogens is 1. The van der Waals surface area contributed by atoms with Crippen LogP contribution in [0, 0.1) is 0 Å². The second kappa shape index (κ2) is 5.17. The van der Waals surface area contributed by atoms with Gasteiger partial charge in [0.25, 0.3) is 5.56 Å². The summed E-state index contributed by atoms with van der Waals surface area (Å²) in [7, 11) is 0. The lowest BCUT2D eigenvalue weighted by molar-refractivity contribution is 0.708. The van der Waals surface area contributed by atoms with Gasteiger partial charge in [-0.2, -0.15) is 0 Å². The van der Waals surface area contributed by atoms with Gasteiger partial charge in [0, 0.05) is 16.1 Å². The molecule has 0 atom stereocenters. The van der Waals surface area contributed by atoms with E-state index in [0.29, 0.717) is 10.8 Å². The highest BCUT2D eigenvalue weighted by Crippen LogP contribution is 2.21. The van der Waals surface area contributed by atoms with E-state index in [2.05, 4.69) is 9.97 Å². The number of aryl methyl sites for hydroxylation is 1. The van der Waals surface area contributed by atoms with Crippen LogP contribution in [0.3, 0.4) is 0 Å². The van der Waals surface area contributed by atoms with Crippen molar-refractivity contribution in [3.8, 4) is 11.4 Å². The van der Waals surface area contributed by atoms with Crippen LogP contribution in [0.25, 0.3) is 11.4 Å². The van der Waals surface area contributed by atoms with E-state index >= 15 is 0 Å². The molecule has 3 rings (SSSR count). The first-order valence-electron chi connectivity index (χ1n) is 6.62. The summed E-state index contributed by atoms with van der Waals surface area (Å²) in [6, 6.07) is 7.37. The van der Waals surface area contributed by atoms with Crippen molar-refractivity contribution < 1.29 is 0 Å². The van der Waals surface area contributed by atoms with Crippen LogP contribution < -0.4 is 5.56 Å². The molecule has 1 N–H and O–H groups in total. The highest BCUT2D eigenvalue weighted by Gasteiger charge is 2.14. The van der Waals surface area contributed by atoms with E-state index in [0.717, 1.165) is 42.5 Å². The largest absolute Gasteiger partial charge is 0.306 e. The van der Waals surface area contributed by atoms with Gasteiger partial charge in [-0.1, -0.05) is 18.0 Å². The number of nitrogens with zero attached hydrogens (tertiary/aromatic N) is 1. The summed E-state index contributed by atoms with van der Waals surface area (Å²) in [4.78, 5) is 19.7. The molecule has 0 aliphatic heterocycles. The van der Waals surface area contributed by atoms with Crippen molar-refractivity contribution in [2.24, 2.45) is 0 Å². The normalized spacial score (nSPS) is 14.8. The molecule has 0 saturated carbocycles. The van der Waals surface area contributed by atoms with Crippen LogP contribution in [-0.2, 0) is 12.8 Å². The molecule has 2 aromatic rings. The molecule has 0 bridgehead atoms. The molecule has 0 fully saturated rings. The summed E-state index contributed by atoms with van der Waals surface area (Å²) >= 11 is 5.88. The second-order valence-electron chi connectivity index (χ2n) is 4.91. The van der Waals surface area contributed by atoms with Gasteiger partial charge in [-0.15, -0.1) is 0 Å². The lowest BCUT2D eigenvalue weighted by Gasteiger charge is -2.07. The zero-order valence-electron chi connectivity index (χ0n) is 10.6. The maximum absolute atomic E-state index is 12.2. The Kier molecular flexibility index (Phi) is 3.38. The Labute approximate surface area is 116 Å². The highest BCUT2D eigenvalue weighted by molar-refractivity contribution is 6.30. The maximum atomic E-state index is 12.2. The highest BCUT2D eigenvalue weighted by atomic mass is 35.5. The zero-order valence-corrected chi connectivity index (χ0v) is 11.3. The van der Waals surface area contributed by atoms with E-state index in [4.69, 9.17) is 11.6 Å². The summed E-state index contributed by atoms with van der Waals surface area (Å²) < 4.78 is 0. The van der Waals surface area contributed by atoms with E-state index in [-0.39, 0.29) is 5.56 Å². The van der Waals surface area contributed by atoms with Gasteiger partial charge in [0.05, 0.1) is 5.69 Å². The van der Waals surface area contributed by atoms with Crippen molar-refractivity contribution >= 4 is 11.6 Å². The van der Waals surface area contributed by atoms with Gasteiger partial charge in [-0.05, 0) is 49.9 Å². The molecule has 4 heteroatoms. The molecule has 0 unspecified atom stereocenters. The SMILES string of the molecule is O=c1[nH]c(-c2ccc(Cl)cc2)nc2c1CCCCC2. The van der Waals surface area contributed by atoms with Crippen molar-refractivity contribution in [1.29, 1.82) is 0 Å². The lowest BCUT2D eigenvalue weighted by atomic mass is 10.1. The number of hydrogen-bond donors (Lipinski definition) is 1. The van der Waals surface area contributed by atoms with Gasteiger partial charge in [-0.25, -0.2) is 4.98 Å². The van der Waals surface area contributed by atoms with Crippen LogP contribution in [0.1, 0.15) is 30.5 Å². The number of benzene rings is 1. The number of hydrogen-bond acceptors (Lipinski definition) is 2. The molecule has 0 saturated heterocycles. The molecule has 0 radical (unpaired) electrons. The molecular formula is C15H15ClN2O. The van der Waals surface area contributed by atoms with Gasteiger partial charge < -0.3 is 4.98 Å². The molecule has 19 heavy (non-hydrogen) atoms. The Morgan fingerprint density at radius 1 is 1.05 bits per heavy atom. The Morgan fingerprint density at radius 3 is 2.58 bits per heavy atom.